The minimum Gasteiger partial charge on any atom is -0.383 e. The second-order valence-corrected chi connectivity index (χ2v) is 7.49. The molecule has 190 valence electrons. The van der Waals surface area contributed by atoms with Crippen molar-refractivity contribution in [1.82, 2.24) is 10.6 Å². The molecule has 2 aromatic carbocycles. The third kappa shape index (κ3) is 8.48. The quantitative estimate of drug-likeness (QED) is 0.318. The Labute approximate surface area is 190 Å². The van der Waals surface area contributed by atoms with Gasteiger partial charge in [0, 0.05) is 26.7 Å². The highest BCUT2D eigenvalue weighted by atomic mass is 19.4. The summed E-state index contributed by atoms with van der Waals surface area (Å²) in [7, 11) is 1.52. The van der Waals surface area contributed by atoms with Gasteiger partial charge in [0.1, 0.15) is 0 Å². The maximum absolute atomic E-state index is 13.1. The highest BCUT2D eigenvalue weighted by Gasteiger charge is 2.37. The first kappa shape index (κ1) is 27.9. The molecule has 0 bridgehead atoms. The number of hydrogen-bond donors (Lipinski definition) is 2. The third-order valence-electron chi connectivity index (χ3n) is 4.88. The average Bonchev–Trinajstić information content (AvgIpc) is 2.72. The van der Waals surface area contributed by atoms with Crippen LogP contribution in [0.2, 0.25) is 0 Å². The summed E-state index contributed by atoms with van der Waals surface area (Å²) >= 11 is 0. The van der Waals surface area contributed by atoms with Gasteiger partial charge in [-0.15, -0.1) is 0 Å². The van der Waals surface area contributed by atoms with Crippen molar-refractivity contribution in [3.63, 3.8) is 0 Å². The van der Waals surface area contributed by atoms with Crippen molar-refractivity contribution in [1.29, 1.82) is 0 Å². The molecule has 3 nitrogen and oxygen atoms in total. The molecule has 0 aliphatic rings. The Bertz CT molecular complexity index is 905. The van der Waals surface area contributed by atoms with Crippen molar-refractivity contribution >= 4 is 0 Å². The highest BCUT2D eigenvalue weighted by molar-refractivity contribution is 5.35. The minimum atomic E-state index is -4.99. The lowest BCUT2D eigenvalue weighted by atomic mass is 10.0. The lowest BCUT2D eigenvalue weighted by Gasteiger charge is -2.16. The van der Waals surface area contributed by atoms with E-state index >= 15 is 0 Å². The standard InChI is InChI=1S/C22H23F9N2O/c1-34-7-6-32-5-4-15-2-3-17(20(23,24)25)10-16(15)13-33-12-14-8-18(21(26,27)28)11-19(9-14)22(29,30)31/h2-3,8-11,32-33H,4-7,12-13H2,1H3. The highest BCUT2D eigenvalue weighted by Crippen LogP contribution is 2.36. The lowest BCUT2D eigenvalue weighted by molar-refractivity contribution is -0.143. The van der Waals surface area contributed by atoms with Crippen molar-refractivity contribution in [2.75, 3.05) is 26.8 Å². The van der Waals surface area contributed by atoms with E-state index in [-0.39, 0.29) is 23.7 Å². The molecule has 0 saturated carbocycles. The molecule has 0 spiro atoms. The molecule has 0 aromatic heterocycles. The molecule has 0 saturated heterocycles. The van der Waals surface area contributed by atoms with Crippen molar-refractivity contribution in [3.8, 4) is 0 Å². The van der Waals surface area contributed by atoms with Crippen molar-refractivity contribution < 1.29 is 44.3 Å². The molecule has 0 amide bonds. The largest absolute Gasteiger partial charge is 0.416 e. The topological polar surface area (TPSA) is 33.3 Å². The van der Waals surface area contributed by atoms with Gasteiger partial charge in [-0.3, -0.25) is 0 Å². The van der Waals surface area contributed by atoms with Gasteiger partial charge in [0.25, 0.3) is 0 Å². The first-order chi connectivity index (χ1) is 15.7. The van der Waals surface area contributed by atoms with Crippen LogP contribution in [-0.4, -0.2) is 26.8 Å². The van der Waals surface area contributed by atoms with Crippen LogP contribution in [0.5, 0.6) is 0 Å². The fourth-order valence-corrected chi connectivity index (χ4v) is 3.20. The van der Waals surface area contributed by atoms with Crippen LogP contribution in [0.15, 0.2) is 36.4 Å². The van der Waals surface area contributed by atoms with Crippen molar-refractivity contribution in [2.24, 2.45) is 0 Å². The Balaban J connectivity index is 2.20. The molecular weight excluding hydrogens is 479 g/mol. The smallest absolute Gasteiger partial charge is 0.383 e. The summed E-state index contributed by atoms with van der Waals surface area (Å²) in [5.41, 5.74) is -3.31. The van der Waals surface area contributed by atoms with Gasteiger partial charge in [0.2, 0.25) is 0 Å². The molecule has 34 heavy (non-hydrogen) atoms. The predicted octanol–water partition coefficient (Wildman–Crippen LogP) is 5.81. The molecule has 2 rings (SSSR count). The molecule has 2 N–H and O–H groups in total. The van der Waals surface area contributed by atoms with Gasteiger partial charge < -0.3 is 15.4 Å². The summed E-state index contributed by atoms with van der Waals surface area (Å²) in [6.07, 6.45) is -14.2. The number of halogens is 9. The van der Waals surface area contributed by atoms with Crippen LogP contribution in [0.4, 0.5) is 39.5 Å². The second kappa shape index (κ2) is 11.4. The van der Waals surface area contributed by atoms with Crippen LogP contribution in [0.1, 0.15) is 33.4 Å². The summed E-state index contributed by atoms with van der Waals surface area (Å²) in [6.45, 7) is 0.814. The molecule has 0 fully saturated rings. The van der Waals surface area contributed by atoms with E-state index in [0.717, 1.165) is 12.1 Å². The van der Waals surface area contributed by atoms with Crippen LogP contribution in [0.25, 0.3) is 0 Å². The number of alkyl halides is 9. The second-order valence-electron chi connectivity index (χ2n) is 7.49. The summed E-state index contributed by atoms with van der Waals surface area (Å²) in [4.78, 5) is 0. The Morgan fingerprint density at radius 2 is 1.24 bits per heavy atom. The molecule has 0 aliphatic carbocycles. The van der Waals surface area contributed by atoms with Crippen LogP contribution >= 0.6 is 0 Å². The summed E-state index contributed by atoms with van der Waals surface area (Å²) in [6, 6.07) is 4.33. The molecule has 0 aliphatic heterocycles. The molecule has 0 atom stereocenters. The predicted molar refractivity (Wildman–Crippen MR) is 107 cm³/mol. The fourth-order valence-electron chi connectivity index (χ4n) is 3.20. The normalized spacial score (nSPS) is 12.9. The van der Waals surface area contributed by atoms with Crippen LogP contribution in [-0.2, 0) is 42.8 Å². The zero-order valence-electron chi connectivity index (χ0n) is 18.0. The SMILES string of the molecule is COCCNCCc1ccc(C(F)(F)F)cc1CNCc1cc(C(F)(F)F)cc(C(F)(F)F)c1. The molecule has 12 heteroatoms. The molecule has 0 unspecified atom stereocenters. The molecule has 0 radical (unpaired) electrons. The van der Waals surface area contributed by atoms with Gasteiger partial charge in [-0.25, -0.2) is 0 Å². The zero-order valence-corrected chi connectivity index (χ0v) is 18.0. The molecule has 2 aromatic rings. The van der Waals surface area contributed by atoms with E-state index in [1.807, 2.05) is 0 Å². The number of ether oxygens (including phenoxy) is 1. The molecule has 0 heterocycles. The zero-order chi connectivity index (χ0) is 25.6. The minimum absolute atomic E-state index is 0.0188. The number of nitrogens with one attached hydrogen (secondary N) is 2. The number of hydrogen-bond acceptors (Lipinski definition) is 3. The van der Waals surface area contributed by atoms with Gasteiger partial charge in [-0.1, -0.05) is 6.07 Å². The van der Waals surface area contributed by atoms with Crippen LogP contribution in [0, 0.1) is 0 Å². The maximum atomic E-state index is 13.1. The van der Waals surface area contributed by atoms with Gasteiger partial charge in [0.05, 0.1) is 23.3 Å². The Morgan fingerprint density at radius 3 is 1.76 bits per heavy atom. The first-order valence-corrected chi connectivity index (χ1v) is 10.1. The lowest BCUT2D eigenvalue weighted by Crippen LogP contribution is -2.23. The van der Waals surface area contributed by atoms with Crippen molar-refractivity contribution in [2.45, 2.75) is 38.0 Å². The number of methoxy groups -OCH3 is 1. The molecular formula is C22H23F9N2O. The van der Waals surface area contributed by atoms with Crippen molar-refractivity contribution in [3.05, 3.63) is 69.8 Å². The van der Waals surface area contributed by atoms with Gasteiger partial charge in [0.15, 0.2) is 0 Å². The average molecular weight is 502 g/mol. The van der Waals surface area contributed by atoms with Crippen LogP contribution < -0.4 is 10.6 Å². The first-order valence-electron chi connectivity index (χ1n) is 10.1. The summed E-state index contributed by atoms with van der Waals surface area (Å²) < 4.78 is 122. The summed E-state index contributed by atoms with van der Waals surface area (Å²) in [5.74, 6) is 0. The number of benzene rings is 2. The maximum Gasteiger partial charge on any atom is 0.416 e. The van der Waals surface area contributed by atoms with E-state index in [2.05, 4.69) is 10.6 Å². The van der Waals surface area contributed by atoms with E-state index < -0.39 is 41.8 Å². The van der Waals surface area contributed by atoms with E-state index in [4.69, 9.17) is 4.74 Å². The Morgan fingerprint density at radius 1 is 0.647 bits per heavy atom. The van der Waals surface area contributed by atoms with E-state index in [1.165, 1.54) is 13.2 Å². The fraction of sp³-hybridized carbons (Fsp3) is 0.455. The summed E-state index contributed by atoms with van der Waals surface area (Å²) in [5, 5.41) is 5.71. The Kier molecular flexibility index (Phi) is 9.37. The third-order valence-corrected chi connectivity index (χ3v) is 4.88. The van der Waals surface area contributed by atoms with Gasteiger partial charge in [-0.2, -0.15) is 39.5 Å². The van der Waals surface area contributed by atoms with E-state index in [1.54, 1.807) is 0 Å². The van der Waals surface area contributed by atoms with E-state index in [9.17, 15) is 39.5 Å². The van der Waals surface area contributed by atoms with E-state index in [0.29, 0.717) is 43.8 Å². The Hall–Kier alpha value is -2.31. The number of rotatable bonds is 10. The van der Waals surface area contributed by atoms with Gasteiger partial charge in [-0.05, 0) is 60.0 Å². The van der Waals surface area contributed by atoms with Gasteiger partial charge >= 0.3 is 18.5 Å². The van der Waals surface area contributed by atoms with Crippen LogP contribution in [0.3, 0.4) is 0 Å². The monoisotopic (exact) mass is 502 g/mol.